The van der Waals surface area contributed by atoms with Crippen molar-refractivity contribution in [2.45, 2.75) is 39.0 Å². The minimum absolute atomic E-state index is 0. The van der Waals surface area contributed by atoms with Crippen molar-refractivity contribution in [3.8, 4) is 11.5 Å². The Morgan fingerprint density at radius 3 is 2.59 bits per heavy atom. The number of methoxy groups -OCH3 is 1. The summed E-state index contributed by atoms with van der Waals surface area (Å²) in [7, 11) is 1.41. The molecule has 1 aliphatic rings. The first-order valence-electron chi connectivity index (χ1n) is 10.5. The molecule has 1 aliphatic heterocycles. The molecule has 1 fully saturated rings. The van der Waals surface area contributed by atoms with Crippen LogP contribution in [0.2, 0.25) is 0 Å². The van der Waals surface area contributed by atoms with Gasteiger partial charge in [-0.1, -0.05) is 6.07 Å². The van der Waals surface area contributed by atoms with Crippen molar-refractivity contribution in [3.05, 3.63) is 47.9 Å². The summed E-state index contributed by atoms with van der Waals surface area (Å²) in [5.41, 5.74) is 0.732. The number of ether oxygens (including phenoxy) is 2. The molecule has 2 aromatic rings. The van der Waals surface area contributed by atoms with E-state index in [9.17, 15) is 8.78 Å². The lowest BCUT2D eigenvalue weighted by atomic mass is 10.2. The molecular formula is C22H31F2IN4O3. The van der Waals surface area contributed by atoms with Crippen molar-refractivity contribution in [2.75, 3.05) is 33.3 Å². The lowest BCUT2D eigenvalue weighted by molar-refractivity contribution is -0.0512. The van der Waals surface area contributed by atoms with Gasteiger partial charge in [-0.2, -0.15) is 8.78 Å². The van der Waals surface area contributed by atoms with E-state index >= 15 is 0 Å². The van der Waals surface area contributed by atoms with Crippen LogP contribution in [0.15, 0.2) is 46.0 Å². The zero-order valence-electron chi connectivity index (χ0n) is 18.4. The quantitative estimate of drug-likeness (QED) is 0.254. The Balaban J connectivity index is 0.00000363. The van der Waals surface area contributed by atoms with E-state index in [4.69, 9.17) is 9.15 Å². The summed E-state index contributed by atoms with van der Waals surface area (Å²) in [5.74, 6) is 1.82. The molecule has 1 unspecified atom stereocenters. The molecule has 0 bridgehead atoms. The monoisotopic (exact) mass is 564 g/mol. The second-order valence-corrected chi connectivity index (χ2v) is 7.21. The number of guanidine groups is 1. The highest BCUT2D eigenvalue weighted by atomic mass is 127. The molecule has 1 atom stereocenters. The molecule has 10 heteroatoms. The van der Waals surface area contributed by atoms with Crippen LogP contribution in [0.5, 0.6) is 11.5 Å². The first-order valence-corrected chi connectivity index (χ1v) is 10.5. The fourth-order valence-electron chi connectivity index (χ4n) is 3.66. The van der Waals surface area contributed by atoms with Crippen molar-refractivity contribution in [1.82, 2.24) is 15.5 Å². The highest BCUT2D eigenvalue weighted by molar-refractivity contribution is 14.0. The van der Waals surface area contributed by atoms with E-state index < -0.39 is 6.61 Å². The molecule has 0 aliphatic carbocycles. The van der Waals surface area contributed by atoms with Gasteiger partial charge in [0.1, 0.15) is 5.76 Å². The first kappa shape index (κ1) is 26.2. The van der Waals surface area contributed by atoms with Crippen molar-refractivity contribution in [3.63, 3.8) is 0 Å². The number of likely N-dealkylation sites (tertiary alicyclic amines) is 1. The fraction of sp³-hybridized carbons (Fsp3) is 0.500. The van der Waals surface area contributed by atoms with Gasteiger partial charge in [-0.15, -0.1) is 24.0 Å². The first-order chi connectivity index (χ1) is 15.1. The van der Waals surface area contributed by atoms with Crippen LogP contribution in [0.1, 0.15) is 37.1 Å². The molecule has 32 heavy (non-hydrogen) atoms. The third kappa shape index (κ3) is 7.51. The van der Waals surface area contributed by atoms with E-state index in [0.717, 1.165) is 24.4 Å². The Labute approximate surface area is 204 Å². The molecule has 7 nitrogen and oxygen atoms in total. The van der Waals surface area contributed by atoms with Gasteiger partial charge >= 0.3 is 6.61 Å². The SMILES string of the molecule is CCNC(=NCc1ccc(OC)c(OC(F)F)c1)NCC(c1ccco1)N1CCCC1.I. The summed E-state index contributed by atoms with van der Waals surface area (Å²) in [5, 5.41) is 6.61. The predicted octanol–water partition coefficient (Wildman–Crippen LogP) is 4.40. The Hall–Kier alpha value is -2.08. The topological polar surface area (TPSA) is 71.3 Å². The summed E-state index contributed by atoms with van der Waals surface area (Å²) in [6.07, 6.45) is 4.07. The van der Waals surface area contributed by atoms with Crippen molar-refractivity contribution >= 4 is 29.9 Å². The molecule has 1 aromatic carbocycles. The van der Waals surface area contributed by atoms with Crippen LogP contribution < -0.4 is 20.1 Å². The fourth-order valence-corrected chi connectivity index (χ4v) is 3.66. The van der Waals surface area contributed by atoms with E-state index in [1.807, 2.05) is 19.1 Å². The number of furan rings is 1. The van der Waals surface area contributed by atoms with Crippen molar-refractivity contribution in [2.24, 2.45) is 4.99 Å². The van der Waals surface area contributed by atoms with Crippen LogP contribution in [0.3, 0.4) is 0 Å². The maximum atomic E-state index is 12.7. The maximum absolute atomic E-state index is 12.7. The number of hydrogen-bond acceptors (Lipinski definition) is 5. The number of benzene rings is 1. The number of nitrogens with zero attached hydrogens (tertiary/aromatic N) is 2. The molecule has 1 aromatic heterocycles. The summed E-state index contributed by atoms with van der Waals surface area (Å²) >= 11 is 0. The van der Waals surface area contributed by atoms with Gasteiger partial charge in [0.15, 0.2) is 17.5 Å². The Kier molecular flexibility index (Phi) is 11.0. The van der Waals surface area contributed by atoms with E-state index in [0.29, 0.717) is 25.6 Å². The van der Waals surface area contributed by atoms with Gasteiger partial charge in [-0.05, 0) is 62.7 Å². The highest BCUT2D eigenvalue weighted by Gasteiger charge is 2.25. The normalized spacial score (nSPS) is 15.3. The van der Waals surface area contributed by atoms with Crippen LogP contribution >= 0.6 is 24.0 Å². The van der Waals surface area contributed by atoms with Gasteiger partial charge in [0.05, 0.1) is 26.0 Å². The maximum Gasteiger partial charge on any atom is 0.387 e. The van der Waals surface area contributed by atoms with Gasteiger partial charge < -0.3 is 24.5 Å². The van der Waals surface area contributed by atoms with Crippen LogP contribution in [-0.2, 0) is 6.54 Å². The van der Waals surface area contributed by atoms with Crippen molar-refractivity contribution in [1.29, 1.82) is 0 Å². The average molecular weight is 564 g/mol. The largest absolute Gasteiger partial charge is 0.493 e. The molecule has 0 amide bonds. The van der Waals surface area contributed by atoms with E-state index in [1.165, 1.54) is 26.0 Å². The number of nitrogens with one attached hydrogen (secondary N) is 2. The summed E-state index contributed by atoms with van der Waals surface area (Å²) < 4.78 is 40.6. The second-order valence-electron chi connectivity index (χ2n) is 7.21. The van der Waals surface area contributed by atoms with Gasteiger partial charge in [-0.25, -0.2) is 4.99 Å². The Bertz CT molecular complexity index is 831. The van der Waals surface area contributed by atoms with E-state index in [-0.39, 0.29) is 41.5 Å². The number of rotatable bonds is 10. The second kappa shape index (κ2) is 13.5. The number of aliphatic imine (C=N–C) groups is 1. The lowest BCUT2D eigenvalue weighted by Crippen LogP contribution is -2.42. The van der Waals surface area contributed by atoms with Gasteiger partial charge in [-0.3, -0.25) is 4.90 Å². The van der Waals surface area contributed by atoms with Crippen LogP contribution in [0.25, 0.3) is 0 Å². The third-order valence-corrected chi connectivity index (χ3v) is 5.12. The molecule has 2 heterocycles. The van der Waals surface area contributed by atoms with Crippen LogP contribution in [-0.4, -0.2) is 50.8 Å². The average Bonchev–Trinajstić information content (AvgIpc) is 3.47. The molecule has 0 saturated carbocycles. The molecular weight excluding hydrogens is 533 g/mol. The standard InChI is InChI=1S/C22H30F2N4O3.HI/c1-3-25-22(26-14-16-8-9-19(29-2)20(13-16)31-21(23)24)27-15-17(18-7-6-12-30-18)28-10-4-5-11-28;/h6-9,12-13,17,21H,3-5,10-11,14-15H2,1-2H3,(H2,25,26,27);1H. The van der Waals surface area contributed by atoms with Gasteiger partial charge in [0, 0.05) is 13.1 Å². The molecule has 1 saturated heterocycles. The number of halogens is 3. The van der Waals surface area contributed by atoms with E-state index in [2.05, 4.69) is 25.3 Å². The highest BCUT2D eigenvalue weighted by Crippen LogP contribution is 2.30. The zero-order chi connectivity index (χ0) is 22.1. The Morgan fingerprint density at radius 2 is 1.97 bits per heavy atom. The summed E-state index contributed by atoms with van der Waals surface area (Å²) in [4.78, 5) is 7.01. The molecule has 2 N–H and O–H groups in total. The van der Waals surface area contributed by atoms with E-state index in [1.54, 1.807) is 18.4 Å². The smallest absolute Gasteiger partial charge is 0.387 e. The predicted molar refractivity (Wildman–Crippen MR) is 130 cm³/mol. The third-order valence-electron chi connectivity index (χ3n) is 5.12. The number of alkyl halides is 2. The lowest BCUT2D eigenvalue weighted by Gasteiger charge is -2.26. The number of hydrogen-bond donors (Lipinski definition) is 2. The summed E-state index contributed by atoms with van der Waals surface area (Å²) in [6.45, 7) is 2.79. The molecule has 0 radical (unpaired) electrons. The van der Waals surface area contributed by atoms with Crippen LogP contribution in [0, 0.1) is 0 Å². The Morgan fingerprint density at radius 1 is 1.19 bits per heavy atom. The van der Waals surface area contributed by atoms with Crippen molar-refractivity contribution < 1.29 is 22.7 Å². The van der Waals surface area contributed by atoms with Gasteiger partial charge in [0.25, 0.3) is 0 Å². The molecule has 0 spiro atoms. The minimum Gasteiger partial charge on any atom is -0.493 e. The van der Waals surface area contributed by atoms with Crippen LogP contribution in [0.4, 0.5) is 8.78 Å². The van der Waals surface area contributed by atoms with Gasteiger partial charge in [0.2, 0.25) is 0 Å². The summed E-state index contributed by atoms with van der Waals surface area (Å²) in [6, 6.07) is 8.92. The zero-order valence-corrected chi connectivity index (χ0v) is 20.7. The minimum atomic E-state index is -2.92. The molecule has 178 valence electrons. The molecule has 3 rings (SSSR count).